The Morgan fingerprint density at radius 2 is 1.95 bits per heavy atom. The highest BCUT2D eigenvalue weighted by Crippen LogP contribution is 2.28. The zero-order chi connectivity index (χ0) is 15.0. The van der Waals surface area contributed by atoms with E-state index in [0.717, 1.165) is 38.9 Å². The van der Waals surface area contributed by atoms with Crippen LogP contribution in [0.3, 0.4) is 0 Å². The number of halogens is 1. The van der Waals surface area contributed by atoms with Gasteiger partial charge in [-0.25, -0.2) is 0 Å². The maximum atomic E-state index is 12.0. The Hall–Kier alpha value is -1.10. The summed E-state index contributed by atoms with van der Waals surface area (Å²) < 4.78 is 5.37. The number of piperidine rings is 1. The summed E-state index contributed by atoms with van der Waals surface area (Å²) in [5.41, 5.74) is 1.31. The fourth-order valence-corrected chi connectivity index (χ4v) is 2.91. The lowest BCUT2D eigenvalue weighted by molar-refractivity contribution is -0.122. The molecule has 1 aliphatic heterocycles. The molecule has 1 amide bonds. The van der Waals surface area contributed by atoms with Crippen LogP contribution in [0.5, 0.6) is 0 Å². The van der Waals surface area contributed by atoms with Gasteiger partial charge in [-0.1, -0.05) is 30.3 Å². The number of benzene rings is 1. The van der Waals surface area contributed by atoms with Crippen molar-refractivity contribution >= 4 is 18.3 Å². The Kier molecular flexibility index (Phi) is 8.46. The molecule has 0 bridgehead atoms. The predicted molar refractivity (Wildman–Crippen MR) is 91.4 cm³/mol. The van der Waals surface area contributed by atoms with Gasteiger partial charge in [0, 0.05) is 25.5 Å². The molecule has 2 N–H and O–H groups in total. The molecule has 124 valence electrons. The van der Waals surface area contributed by atoms with E-state index in [4.69, 9.17) is 4.74 Å². The number of nitrogens with one attached hydrogen (secondary N) is 2. The summed E-state index contributed by atoms with van der Waals surface area (Å²) in [6.45, 7) is 3.44. The molecule has 0 atom stereocenters. The summed E-state index contributed by atoms with van der Waals surface area (Å²) >= 11 is 0. The summed E-state index contributed by atoms with van der Waals surface area (Å²) in [5.74, 6) is 0.132. The maximum Gasteiger partial charge on any atom is 0.220 e. The van der Waals surface area contributed by atoms with Gasteiger partial charge in [0.15, 0.2) is 0 Å². The number of ether oxygens (including phenoxy) is 1. The lowest BCUT2D eigenvalue weighted by Gasteiger charge is -2.37. The van der Waals surface area contributed by atoms with Gasteiger partial charge in [0.25, 0.3) is 0 Å². The lowest BCUT2D eigenvalue weighted by Crippen LogP contribution is -2.47. The van der Waals surface area contributed by atoms with E-state index in [1.165, 1.54) is 5.56 Å². The Labute approximate surface area is 139 Å². The molecule has 0 radical (unpaired) electrons. The summed E-state index contributed by atoms with van der Waals surface area (Å²) in [5, 5.41) is 6.47. The van der Waals surface area contributed by atoms with Crippen LogP contribution in [-0.2, 0) is 16.0 Å². The van der Waals surface area contributed by atoms with Crippen molar-refractivity contribution in [1.29, 1.82) is 0 Å². The fraction of sp³-hybridized carbons (Fsp3) is 0.588. The second kappa shape index (κ2) is 9.82. The van der Waals surface area contributed by atoms with Gasteiger partial charge in [-0.2, -0.15) is 0 Å². The molecule has 0 unspecified atom stereocenters. The van der Waals surface area contributed by atoms with Crippen molar-refractivity contribution in [3.05, 3.63) is 35.9 Å². The van der Waals surface area contributed by atoms with Gasteiger partial charge < -0.3 is 15.4 Å². The van der Waals surface area contributed by atoms with Gasteiger partial charge in [-0.05, 0) is 37.9 Å². The van der Waals surface area contributed by atoms with E-state index in [0.29, 0.717) is 13.0 Å². The first-order chi connectivity index (χ1) is 10.2. The van der Waals surface area contributed by atoms with E-state index >= 15 is 0 Å². The second-order valence-corrected chi connectivity index (χ2v) is 5.95. The fourth-order valence-electron chi connectivity index (χ4n) is 2.91. The van der Waals surface area contributed by atoms with Gasteiger partial charge in [0.05, 0.1) is 6.61 Å². The molecule has 1 heterocycles. The molecule has 1 fully saturated rings. The topological polar surface area (TPSA) is 50.4 Å². The van der Waals surface area contributed by atoms with Crippen LogP contribution in [0.15, 0.2) is 30.3 Å². The molecule has 1 saturated heterocycles. The van der Waals surface area contributed by atoms with Gasteiger partial charge >= 0.3 is 0 Å². The highest BCUT2D eigenvalue weighted by atomic mass is 35.5. The number of rotatable bonds is 7. The monoisotopic (exact) mass is 326 g/mol. The largest absolute Gasteiger partial charge is 0.384 e. The van der Waals surface area contributed by atoms with Gasteiger partial charge in [-0.15, -0.1) is 12.4 Å². The number of aryl methyl sites for hydroxylation is 1. The Balaban J connectivity index is 0.00000242. The second-order valence-electron chi connectivity index (χ2n) is 5.95. The average Bonchev–Trinajstić information content (AvgIpc) is 2.53. The molecular weight excluding hydrogens is 300 g/mol. The smallest absolute Gasteiger partial charge is 0.220 e. The first kappa shape index (κ1) is 18.9. The third-order valence-corrected chi connectivity index (χ3v) is 4.26. The van der Waals surface area contributed by atoms with Gasteiger partial charge in [0.2, 0.25) is 5.91 Å². The van der Waals surface area contributed by atoms with Gasteiger partial charge in [0.1, 0.15) is 0 Å². The van der Waals surface area contributed by atoms with Crippen molar-refractivity contribution in [2.24, 2.45) is 5.41 Å². The third kappa shape index (κ3) is 5.95. The number of hydrogen-bond acceptors (Lipinski definition) is 3. The van der Waals surface area contributed by atoms with E-state index in [-0.39, 0.29) is 23.7 Å². The maximum absolute atomic E-state index is 12.0. The van der Waals surface area contributed by atoms with Crippen molar-refractivity contribution < 1.29 is 9.53 Å². The molecule has 0 saturated carbocycles. The number of methoxy groups -OCH3 is 1. The zero-order valence-corrected chi connectivity index (χ0v) is 14.1. The summed E-state index contributed by atoms with van der Waals surface area (Å²) in [7, 11) is 1.74. The molecule has 0 aliphatic carbocycles. The Morgan fingerprint density at radius 3 is 2.59 bits per heavy atom. The van der Waals surface area contributed by atoms with Crippen molar-refractivity contribution in [2.75, 3.05) is 33.4 Å². The van der Waals surface area contributed by atoms with E-state index in [2.05, 4.69) is 22.8 Å². The number of carbonyl (C=O) groups excluding carboxylic acids is 1. The van der Waals surface area contributed by atoms with Crippen LogP contribution in [0, 0.1) is 5.41 Å². The lowest BCUT2D eigenvalue weighted by atomic mass is 9.79. The van der Waals surface area contributed by atoms with Crippen molar-refractivity contribution in [2.45, 2.75) is 25.7 Å². The SMILES string of the molecule is COCC1(CNC(=O)CCc2ccccc2)CCNCC1.Cl. The summed E-state index contributed by atoms with van der Waals surface area (Å²) in [6, 6.07) is 10.1. The first-order valence-electron chi connectivity index (χ1n) is 7.74. The molecule has 1 aromatic carbocycles. The average molecular weight is 327 g/mol. The zero-order valence-electron chi connectivity index (χ0n) is 13.3. The number of hydrogen-bond donors (Lipinski definition) is 2. The Bertz CT molecular complexity index is 428. The van der Waals surface area contributed by atoms with Crippen LogP contribution >= 0.6 is 12.4 Å². The normalized spacial score (nSPS) is 16.6. The molecule has 0 spiro atoms. The van der Waals surface area contributed by atoms with Crippen LogP contribution in [-0.4, -0.2) is 39.3 Å². The molecule has 1 aromatic rings. The minimum Gasteiger partial charge on any atom is -0.384 e. The highest BCUT2D eigenvalue weighted by Gasteiger charge is 2.32. The van der Waals surface area contributed by atoms with Crippen molar-refractivity contribution in [3.63, 3.8) is 0 Å². The van der Waals surface area contributed by atoms with Crippen molar-refractivity contribution in [3.8, 4) is 0 Å². The van der Waals surface area contributed by atoms with Gasteiger partial charge in [-0.3, -0.25) is 4.79 Å². The van der Waals surface area contributed by atoms with Crippen LogP contribution in [0.1, 0.15) is 24.8 Å². The standard InChI is InChI=1S/C17H26N2O2.ClH/c1-21-14-17(9-11-18-12-10-17)13-19-16(20)8-7-15-5-3-2-4-6-15;/h2-6,18H,7-14H2,1H3,(H,19,20);1H. The summed E-state index contributed by atoms with van der Waals surface area (Å²) in [6.07, 6.45) is 3.45. The van der Waals surface area contributed by atoms with E-state index in [1.807, 2.05) is 18.2 Å². The minimum atomic E-state index is 0. The molecule has 22 heavy (non-hydrogen) atoms. The minimum absolute atomic E-state index is 0. The van der Waals surface area contributed by atoms with E-state index in [1.54, 1.807) is 7.11 Å². The molecule has 1 aliphatic rings. The Morgan fingerprint density at radius 1 is 1.27 bits per heavy atom. The molecule has 4 nitrogen and oxygen atoms in total. The molecule has 0 aromatic heterocycles. The van der Waals surface area contributed by atoms with E-state index < -0.39 is 0 Å². The molecular formula is C17H27ClN2O2. The molecule has 2 rings (SSSR count). The third-order valence-electron chi connectivity index (χ3n) is 4.26. The van der Waals surface area contributed by atoms with E-state index in [9.17, 15) is 4.79 Å². The van der Waals surface area contributed by atoms with Crippen LogP contribution in [0.2, 0.25) is 0 Å². The van der Waals surface area contributed by atoms with Crippen LogP contribution < -0.4 is 10.6 Å². The van der Waals surface area contributed by atoms with Crippen molar-refractivity contribution in [1.82, 2.24) is 10.6 Å². The van der Waals surface area contributed by atoms with Crippen LogP contribution in [0.25, 0.3) is 0 Å². The predicted octanol–water partition coefficient (Wildman–Crippen LogP) is 2.17. The summed E-state index contributed by atoms with van der Waals surface area (Å²) in [4.78, 5) is 12.0. The number of amides is 1. The van der Waals surface area contributed by atoms with Crippen LogP contribution in [0.4, 0.5) is 0 Å². The quantitative estimate of drug-likeness (QED) is 0.807. The highest BCUT2D eigenvalue weighted by molar-refractivity contribution is 5.85. The molecule has 5 heteroatoms. The number of carbonyl (C=O) groups is 1. The first-order valence-corrected chi connectivity index (χ1v) is 7.74.